The predicted molar refractivity (Wildman–Crippen MR) is 221 cm³/mol. The maximum atomic E-state index is 6.63. The fraction of sp³-hybridized carbons (Fsp3) is 0. The first-order valence-electron chi connectivity index (χ1n) is 18.1. The van der Waals surface area contributed by atoms with Gasteiger partial charge in [-0.1, -0.05) is 115 Å². The summed E-state index contributed by atoms with van der Waals surface area (Å²) in [6, 6.07) is 65.7. The molecule has 0 aliphatic heterocycles. The van der Waals surface area contributed by atoms with Crippen LogP contribution >= 0.6 is 0 Å². The Hall–Kier alpha value is -7.37. The van der Waals surface area contributed by atoms with E-state index in [-0.39, 0.29) is 0 Å². The highest BCUT2D eigenvalue weighted by molar-refractivity contribution is 6.17. The predicted octanol–water partition coefficient (Wildman–Crippen LogP) is 13.6. The third kappa shape index (κ3) is 4.76. The van der Waals surface area contributed by atoms with Crippen LogP contribution in [-0.2, 0) is 0 Å². The van der Waals surface area contributed by atoms with Crippen LogP contribution in [0, 0.1) is 0 Å². The van der Waals surface area contributed by atoms with Gasteiger partial charge in [0.15, 0.2) is 5.58 Å². The van der Waals surface area contributed by atoms with Crippen molar-refractivity contribution in [1.82, 2.24) is 9.55 Å². The molecule has 0 saturated carbocycles. The highest BCUT2D eigenvalue weighted by Gasteiger charge is 2.24. The number of aromatic nitrogens is 2. The van der Waals surface area contributed by atoms with E-state index in [0.29, 0.717) is 11.5 Å². The molecule has 11 aromatic rings. The Morgan fingerprint density at radius 3 is 1.96 bits per heavy atom. The summed E-state index contributed by atoms with van der Waals surface area (Å²) in [5.41, 5.74) is 12.7. The number of furan rings is 1. The van der Waals surface area contributed by atoms with E-state index in [1.54, 1.807) is 0 Å². The van der Waals surface area contributed by atoms with Crippen molar-refractivity contribution in [3.8, 4) is 28.3 Å². The van der Waals surface area contributed by atoms with Crippen molar-refractivity contribution in [2.45, 2.75) is 0 Å². The van der Waals surface area contributed by atoms with Gasteiger partial charge >= 0.3 is 0 Å². The zero-order valence-electron chi connectivity index (χ0n) is 29.1. The molecule has 54 heavy (non-hydrogen) atoms. The first-order valence-corrected chi connectivity index (χ1v) is 18.1. The van der Waals surface area contributed by atoms with Crippen LogP contribution in [0.4, 0.5) is 17.1 Å². The van der Waals surface area contributed by atoms with Crippen molar-refractivity contribution in [3.63, 3.8) is 0 Å². The van der Waals surface area contributed by atoms with Gasteiger partial charge in [0.05, 0.1) is 27.8 Å². The number of anilines is 3. The van der Waals surface area contributed by atoms with Crippen molar-refractivity contribution in [2.24, 2.45) is 0 Å². The van der Waals surface area contributed by atoms with Gasteiger partial charge in [-0.05, 0) is 72.3 Å². The van der Waals surface area contributed by atoms with Crippen molar-refractivity contribution in [2.75, 3.05) is 4.90 Å². The van der Waals surface area contributed by atoms with Crippen LogP contribution in [0.5, 0.6) is 0 Å². The summed E-state index contributed by atoms with van der Waals surface area (Å²) in [5.74, 6) is 0.586. The van der Waals surface area contributed by atoms with Gasteiger partial charge in [-0.25, -0.2) is 4.98 Å². The average Bonchev–Trinajstić information content (AvgIpc) is 3.92. The van der Waals surface area contributed by atoms with Crippen molar-refractivity contribution in [1.29, 1.82) is 0 Å². The Balaban J connectivity index is 1.20. The average molecular weight is 694 g/mol. The Morgan fingerprint density at radius 1 is 0.444 bits per heavy atom. The summed E-state index contributed by atoms with van der Waals surface area (Å²) in [6.45, 7) is 0. The minimum atomic E-state index is 0.586. The molecule has 3 heterocycles. The lowest BCUT2D eigenvalue weighted by Crippen LogP contribution is -2.11. The molecule has 11 rings (SSSR count). The quantitative estimate of drug-likeness (QED) is 0.174. The Morgan fingerprint density at radius 2 is 1.13 bits per heavy atom. The molecule has 0 radical (unpaired) electrons. The standard InChI is InChI=1S/C49H31N3O2/c1-4-15-32(16-5-1)36-21-10-12-23-41(36)52(35-27-28-38-37-22-11-13-24-42(37)51(44(38)29-35)34-19-8-3-9-20-34)43-25-14-26-45-48(43)39-30-47-40(31-46(39)53-45)50-49(54-47)33-17-6-2-7-18-33/h1-31H. The summed E-state index contributed by atoms with van der Waals surface area (Å²) in [5, 5.41) is 4.38. The van der Waals surface area contributed by atoms with E-state index in [9.17, 15) is 0 Å². The molecule has 0 N–H and O–H groups in total. The normalized spacial score (nSPS) is 11.7. The Bertz CT molecular complexity index is 3160. The van der Waals surface area contributed by atoms with Crippen LogP contribution in [-0.4, -0.2) is 9.55 Å². The van der Waals surface area contributed by atoms with E-state index >= 15 is 0 Å². The Kier molecular flexibility index (Phi) is 6.79. The SMILES string of the molecule is c1ccc(-c2nc3cc4oc5cccc(N(c6ccc7c8ccccc8n(-c8ccccc8)c7c6)c6ccccc6-c6ccccc6)c5c4cc3o2)cc1. The van der Waals surface area contributed by atoms with Gasteiger partial charge in [0.1, 0.15) is 16.7 Å². The van der Waals surface area contributed by atoms with E-state index in [1.165, 1.54) is 16.3 Å². The highest BCUT2D eigenvalue weighted by Crippen LogP contribution is 2.47. The lowest BCUT2D eigenvalue weighted by molar-refractivity contribution is 0.620. The molecule has 0 aliphatic rings. The molecule has 8 aromatic carbocycles. The van der Waals surface area contributed by atoms with Crippen LogP contribution in [0.2, 0.25) is 0 Å². The second kappa shape index (κ2) is 12.1. The molecule has 5 heteroatoms. The van der Waals surface area contributed by atoms with Crippen molar-refractivity contribution < 1.29 is 8.83 Å². The molecule has 5 nitrogen and oxygen atoms in total. The number of rotatable bonds is 6. The molecule has 0 atom stereocenters. The molecule has 0 fully saturated rings. The maximum absolute atomic E-state index is 6.63. The fourth-order valence-corrected chi connectivity index (χ4v) is 8.01. The Labute approximate surface area is 310 Å². The largest absolute Gasteiger partial charge is 0.456 e. The zero-order chi connectivity index (χ0) is 35.6. The van der Waals surface area contributed by atoms with E-state index in [2.05, 4.69) is 155 Å². The van der Waals surface area contributed by atoms with Crippen molar-refractivity contribution >= 4 is 71.9 Å². The number of benzene rings is 8. The van der Waals surface area contributed by atoms with Crippen LogP contribution < -0.4 is 4.90 Å². The maximum Gasteiger partial charge on any atom is 0.227 e. The topological polar surface area (TPSA) is 47.3 Å². The second-order valence-electron chi connectivity index (χ2n) is 13.6. The molecule has 0 amide bonds. The molecule has 0 bridgehead atoms. The van der Waals surface area contributed by atoms with Crippen LogP contribution in [0.25, 0.3) is 83.1 Å². The van der Waals surface area contributed by atoms with E-state index in [4.69, 9.17) is 13.8 Å². The first-order chi connectivity index (χ1) is 26.8. The molecule has 0 spiro atoms. The monoisotopic (exact) mass is 693 g/mol. The fourth-order valence-electron chi connectivity index (χ4n) is 8.01. The molecule has 0 aliphatic carbocycles. The lowest BCUT2D eigenvalue weighted by atomic mass is 10.0. The molecular weight excluding hydrogens is 663 g/mol. The van der Waals surface area contributed by atoms with Crippen molar-refractivity contribution in [3.05, 3.63) is 188 Å². The minimum Gasteiger partial charge on any atom is -0.456 e. The zero-order valence-corrected chi connectivity index (χ0v) is 29.1. The van der Waals surface area contributed by atoms with Gasteiger partial charge in [-0.2, -0.15) is 0 Å². The summed E-state index contributed by atoms with van der Waals surface area (Å²) < 4.78 is 15.4. The summed E-state index contributed by atoms with van der Waals surface area (Å²) in [6.07, 6.45) is 0. The van der Waals surface area contributed by atoms with Gasteiger partial charge < -0.3 is 18.3 Å². The van der Waals surface area contributed by atoms with Crippen LogP contribution in [0.15, 0.2) is 197 Å². The van der Waals surface area contributed by atoms with E-state index in [1.807, 2.05) is 42.5 Å². The smallest absolute Gasteiger partial charge is 0.227 e. The van der Waals surface area contributed by atoms with Crippen LogP contribution in [0.3, 0.4) is 0 Å². The minimum absolute atomic E-state index is 0.586. The molecule has 254 valence electrons. The van der Waals surface area contributed by atoms with Gasteiger partial charge in [0.25, 0.3) is 0 Å². The van der Waals surface area contributed by atoms with Crippen LogP contribution in [0.1, 0.15) is 0 Å². The molecule has 0 saturated heterocycles. The summed E-state index contributed by atoms with van der Waals surface area (Å²) in [4.78, 5) is 7.22. The number of para-hydroxylation sites is 3. The number of nitrogens with zero attached hydrogens (tertiary/aromatic N) is 3. The summed E-state index contributed by atoms with van der Waals surface area (Å²) in [7, 11) is 0. The molecular formula is C49H31N3O2. The van der Waals surface area contributed by atoms with E-state index < -0.39 is 0 Å². The van der Waals surface area contributed by atoms with E-state index in [0.717, 1.165) is 72.4 Å². The summed E-state index contributed by atoms with van der Waals surface area (Å²) >= 11 is 0. The second-order valence-corrected chi connectivity index (χ2v) is 13.6. The molecule has 0 unspecified atom stereocenters. The molecule has 3 aromatic heterocycles. The first kappa shape index (κ1) is 30.3. The number of hydrogen-bond acceptors (Lipinski definition) is 4. The van der Waals surface area contributed by atoms with Gasteiger partial charge in [-0.3, -0.25) is 0 Å². The van der Waals surface area contributed by atoms with Gasteiger partial charge in [0, 0.05) is 44.7 Å². The van der Waals surface area contributed by atoms with Gasteiger partial charge in [-0.15, -0.1) is 0 Å². The third-order valence-corrected chi connectivity index (χ3v) is 10.4. The number of fused-ring (bicyclic) bond motifs is 7. The number of hydrogen-bond donors (Lipinski definition) is 0. The number of oxazole rings is 1. The lowest BCUT2D eigenvalue weighted by Gasteiger charge is -2.28. The third-order valence-electron chi connectivity index (χ3n) is 10.4. The van der Waals surface area contributed by atoms with Gasteiger partial charge in [0.2, 0.25) is 5.89 Å². The highest BCUT2D eigenvalue weighted by atomic mass is 16.4.